The van der Waals surface area contributed by atoms with Gasteiger partial charge in [-0.25, -0.2) is 4.39 Å². The first-order valence-corrected chi connectivity index (χ1v) is 3.37. The van der Waals surface area contributed by atoms with Crippen LogP contribution in [0.5, 0.6) is 0 Å². The number of hydrogen-bond acceptors (Lipinski definition) is 2. The largest absolute Gasteiger partial charge is 0.309 e. The van der Waals surface area contributed by atoms with Crippen molar-refractivity contribution < 1.29 is 9.60 Å². The summed E-state index contributed by atoms with van der Waals surface area (Å²) in [6.07, 6.45) is 0.601. The predicted molar refractivity (Wildman–Crippen MR) is 40.1 cm³/mol. The highest BCUT2D eigenvalue weighted by Gasteiger charge is 2.18. The van der Waals surface area contributed by atoms with E-state index in [9.17, 15) is 4.39 Å². The Balaban J connectivity index is 2.50. The Labute approximate surface area is 64.5 Å². The maximum absolute atomic E-state index is 12.6. The lowest BCUT2D eigenvalue weighted by molar-refractivity contribution is 0.324. The van der Waals surface area contributed by atoms with Crippen LogP contribution in [0.4, 0.5) is 10.1 Å². The van der Waals surface area contributed by atoms with E-state index in [-0.39, 0.29) is 5.82 Å². The molecule has 1 radical (unpaired) electrons. The zero-order valence-electron chi connectivity index (χ0n) is 5.79. The van der Waals surface area contributed by atoms with Gasteiger partial charge in [0.2, 0.25) is 0 Å². The molecule has 1 aromatic carbocycles. The normalized spacial score (nSPS) is 14.5. The minimum Gasteiger partial charge on any atom is -0.309 e. The van der Waals surface area contributed by atoms with Gasteiger partial charge in [0.1, 0.15) is 5.82 Å². The molecule has 0 amide bonds. The third kappa shape index (κ3) is 0.992. The van der Waals surface area contributed by atoms with Gasteiger partial charge in [0, 0.05) is 0 Å². The van der Waals surface area contributed by atoms with Gasteiger partial charge in [-0.3, -0.25) is 0 Å². The SMILES string of the molecule is ON1[B]Cc2cc(F)ccc21. The fourth-order valence-electron chi connectivity index (χ4n) is 1.22. The highest BCUT2D eigenvalue weighted by atomic mass is 19.1. The van der Waals surface area contributed by atoms with Gasteiger partial charge in [-0.15, -0.1) is 0 Å². The molecule has 0 unspecified atom stereocenters. The van der Waals surface area contributed by atoms with Gasteiger partial charge in [0.15, 0.2) is 0 Å². The number of halogens is 1. The zero-order chi connectivity index (χ0) is 7.84. The molecule has 11 heavy (non-hydrogen) atoms. The minimum atomic E-state index is -0.257. The molecule has 1 aliphatic heterocycles. The monoisotopic (exact) mass is 150 g/mol. The van der Waals surface area contributed by atoms with Crippen molar-refractivity contribution in [3.63, 3.8) is 0 Å². The maximum Gasteiger partial charge on any atom is 0.290 e. The molecular formula is C7H6BFNO. The second kappa shape index (κ2) is 2.24. The second-order valence-corrected chi connectivity index (χ2v) is 2.50. The van der Waals surface area contributed by atoms with E-state index >= 15 is 0 Å². The van der Waals surface area contributed by atoms with Crippen LogP contribution >= 0.6 is 0 Å². The van der Waals surface area contributed by atoms with Crippen LogP contribution in [0.3, 0.4) is 0 Å². The van der Waals surface area contributed by atoms with E-state index in [1.54, 1.807) is 13.5 Å². The molecule has 0 aromatic heterocycles. The maximum atomic E-state index is 12.6. The molecule has 0 bridgehead atoms. The van der Waals surface area contributed by atoms with Crippen LogP contribution in [-0.2, 0) is 6.32 Å². The topological polar surface area (TPSA) is 23.5 Å². The van der Waals surface area contributed by atoms with Gasteiger partial charge < -0.3 is 10.2 Å². The summed E-state index contributed by atoms with van der Waals surface area (Å²) < 4.78 is 12.6. The van der Waals surface area contributed by atoms with E-state index in [0.29, 0.717) is 12.0 Å². The molecule has 1 N–H and O–H groups in total. The van der Waals surface area contributed by atoms with Crippen LogP contribution < -0.4 is 4.97 Å². The molecule has 0 aliphatic carbocycles. The Morgan fingerprint density at radius 3 is 3.18 bits per heavy atom. The van der Waals surface area contributed by atoms with Crippen LogP contribution in [0.15, 0.2) is 18.2 Å². The Bertz CT molecular complexity index is 292. The van der Waals surface area contributed by atoms with Crippen molar-refractivity contribution in [2.24, 2.45) is 0 Å². The van der Waals surface area contributed by atoms with Gasteiger partial charge in [-0.2, -0.15) is 0 Å². The van der Waals surface area contributed by atoms with E-state index in [4.69, 9.17) is 5.21 Å². The van der Waals surface area contributed by atoms with Gasteiger partial charge in [-0.05, 0) is 30.1 Å². The quantitative estimate of drug-likeness (QED) is 0.560. The first-order valence-electron chi connectivity index (χ1n) is 3.37. The van der Waals surface area contributed by atoms with Crippen LogP contribution in [0.25, 0.3) is 0 Å². The number of rotatable bonds is 0. The highest BCUT2D eigenvalue weighted by molar-refractivity contribution is 6.42. The Morgan fingerprint density at radius 2 is 2.36 bits per heavy atom. The molecule has 0 spiro atoms. The summed E-state index contributed by atoms with van der Waals surface area (Å²) >= 11 is 0. The van der Waals surface area contributed by atoms with Crippen molar-refractivity contribution in [1.82, 2.24) is 0 Å². The van der Waals surface area contributed by atoms with Gasteiger partial charge in [0.05, 0.1) is 5.69 Å². The molecule has 0 saturated carbocycles. The fourth-order valence-corrected chi connectivity index (χ4v) is 1.22. The number of anilines is 1. The molecule has 1 aromatic rings. The number of hydrogen-bond donors (Lipinski definition) is 1. The van der Waals surface area contributed by atoms with Gasteiger partial charge >= 0.3 is 0 Å². The first kappa shape index (κ1) is 6.67. The predicted octanol–water partition coefficient (Wildman–Crippen LogP) is 1.15. The third-order valence-corrected chi connectivity index (χ3v) is 1.77. The second-order valence-electron chi connectivity index (χ2n) is 2.50. The molecular weight excluding hydrogens is 144 g/mol. The van der Waals surface area contributed by atoms with Crippen molar-refractivity contribution in [3.8, 4) is 0 Å². The van der Waals surface area contributed by atoms with E-state index in [0.717, 1.165) is 10.5 Å². The van der Waals surface area contributed by atoms with E-state index in [2.05, 4.69) is 0 Å². The Morgan fingerprint density at radius 1 is 1.55 bits per heavy atom. The van der Waals surface area contributed by atoms with E-state index in [1.165, 1.54) is 12.1 Å². The number of benzene rings is 1. The number of nitrogens with zero attached hydrogens (tertiary/aromatic N) is 1. The fraction of sp³-hybridized carbons (Fsp3) is 0.143. The van der Waals surface area contributed by atoms with E-state index in [1.807, 2.05) is 0 Å². The van der Waals surface area contributed by atoms with Crippen molar-refractivity contribution in [2.75, 3.05) is 4.97 Å². The van der Waals surface area contributed by atoms with Crippen LogP contribution in [0, 0.1) is 5.82 Å². The summed E-state index contributed by atoms with van der Waals surface area (Å²) in [5, 5.41) is 9.13. The average Bonchev–Trinajstić information content (AvgIpc) is 2.32. The summed E-state index contributed by atoms with van der Waals surface area (Å²) in [5.41, 5.74) is 1.50. The molecule has 2 nitrogen and oxygen atoms in total. The summed E-state index contributed by atoms with van der Waals surface area (Å²) in [4.78, 5) is 1.02. The molecule has 1 aliphatic rings. The molecule has 0 saturated heterocycles. The molecule has 4 heteroatoms. The van der Waals surface area contributed by atoms with Crippen LogP contribution in [0.1, 0.15) is 5.56 Å². The van der Waals surface area contributed by atoms with Crippen molar-refractivity contribution in [1.29, 1.82) is 0 Å². The zero-order valence-corrected chi connectivity index (χ0v) is 5.79. The summed E-state index contributed by atoms with van der Waals surface area (Å²) in [6.45, 7) is 0. The van der Waals surface area contributed by atoms with Crippen LogP contribution in [-0.4, -0.2) is 12.6 Å². The third-order valence-electron chi connectivity index (χ3n) is 1.77. The Hall–Kier alpha value is -1.03. The smallest absolute Gasteiger partial charge is 0.290 e. The van der Waals surface area contributed by atoms with Crippen molar-refractivity contribution >= 4 is 13.1 Å². The minimum absolute atomic E-state index is 0.257. The lowest BCUT2D eigenvalue weighted by atomic mass is 9.90. The summed E-state index contributed by atoms with van der Waals surface area (Å²) in [5.74, 6) is -0.257. The summed E-state index contributed by atoms with van der Waals surface area (Å²) in [6, 6.07) is 4.33. The summed E-state index contributed by atoms with van der Waals surface area (Å²) in [7, 11) is 1.60. The first-order chi connectivity index (χ1) is 5.27. The lowest BCUT2D eigenvalue weighted by Gasteiger charge is -2.08. The molecule has 55 valence electrons. The van der Waals surface area contributed by atoms with Crippen molar-refractivity contribution in [2.45, 2.75) is 6.32 Å². The number of fused-ring (bicyclic) bond motifs is 1. The lowest BCUT2D eigenvalue weighted by Crippen LogP contribution is -2.17. The molecule has 0 atom stereocenters. The highest BCUT2D eigenvalue weighted by Crippen LogP contribution is 2.25. The molecule has 2 rings (SSSR count). The van der Waals surface area contributed by atoms with Crippen molar-refractivity contribution in [3.05, 3.63) is 29.6 Å². The van der Waals surface area contributed by atoms with E-state index < -0.39 is 0 Å². The molecule has 0 fully saturated rings. The molecule has 1 heterocycles. The van der Waals surface area contributed by atoms with Gasteiger partial charge in [0.25, 0.3) is 7.41 Å². The Kier molecular flexibility index (Phi) is 1.36. The van der Waals surface area contributed by atoms with Crippen LogP contribution in [0.2, 0.25) is 0 Å². The average molecular weight is 150 g/mol. The van der Waals surface area contributed by atoms with Gasteiger partial charge in [-0.1, -0.05) is 0 Å². The standard InChI is InChI=1S/C7H6BFNO/c9-6-1-2-7-5(3-6)4-8-10(7)11/h1-3,11H,4H2.